The van der Waals surface area contributed by atoms with Crippen LogP contribution in [-0.2, 0) is 5.60 Å². The molecule has 2 unspecified atom stereocenters. The summed E-state index contributed by atoms with van der Waals surface area (Å²) in [6, 6.07) is 24.1. The molecule has 3 rings (SSSR count). The van der Waals surface area contributed by atoms with Gasteiger partial charge in [0, 0.05) is 10.6 Å². The molecule has 0 aliphatic rings. The first-order valence-corrected chi connectivity index (χ1v) is 8.85. The Kier molecular flexibility index (Phi) is 5.58. The van der Waals surface area contributed by atoms with Gasteiger partial charge in [-0.25, -0.2) is 0 Å². The van der Waals surface area contributed by atoms with Gasteiger partial charge in [0.2, 0.25) is 0 Å². The molecule has 0 heterocycles. The molecule has 0 spiro atoms. The summed E-state index contributed by atoms with van der Waals surface area (Å²) in [6.45, 7) is 2.02. The van der Waals surface area contributed by atoms with Crippen LogP contribution in [0.5, 0.6) is 0 Å². The number of hydrogen-bond donors (Lipinski definition) is 2. The average Bonchev–Trinajstić information content (AvgIpc) is 2.68. The van der Waals surface area contributed by atoms with Crippen LogP contribution < -0.4 is 0 Å². The maximum atomic E-state index is 11.4. The summed E-state index contributed by atoms with van der Waals surface area (Å²) in [5, 5.41) is 22.9. The summed E-state index contributed by atoms with van der Waals surface area (Å²) in [4.78, 5) is 0. The first-order chi connectivity index (χ1) is 12.5. The molecule has 0 aliphatic heterocycles. The smallest absolute Gasteiger partial charge is 0.138 e. The first kappa shape index (κ1) is 18.4. The van der Waals surface area contributed by atoms with Crippen molar-refractivity contribution >= 4 is 17.7 Å². The van der Waals surface area contributed by atoms with Gasteiger partial charge in [-0.3, -0.25) is 0 Å². The Balaban J connectivity index is 2.05. The van der Waals surface area contributed by atoms with Gasteiger partial charge in [0.05, 0.1) is 0 Å². The zero-order valence-electron chi connectivity index (χ0n) is 14.5. The average molecular weight is 365 g/mol. The van der Waals surface area contributed by atoms with Crippen molar-refractivity contribution in [2.75, 3.05) is 0 Å². The number of benzene rings is 3. The predicted octanol–water partition coefficient (Wildman–Crippen LogP) is 5.28. The van der Waals surface area contributed by atoms with Gasteiger partial charge in [-0.05, 0) is 30.2 Å². The molecule has 2 nitrogen and oxygen atoms in total. The van der Waals surface area contributed by atoms with Crippen molar-refractivity contribution in [3.05, 3.63) is 112 Å². The summed E-state index contributed by atoms with van der Waals surface area (Å²) >= 11 is 6.25. The molecule has 0 saturated heterocycles. The Morgan fingerprint density at radius 1 is 0.885 bits per heavy atom. The molecule has 26 heavy (non-hydrogen) atoms. The number of aliphatic hydroxyl groups is 2. The minimum atomic E-state index is -1.61. The summed E-state index contributed by atoms with van der Waals surface area (Å²) in [7, 11) is 0. The van der Waals surface area contributed by atoms with Crippen LogP contribution in [-0.4, -0.2) is 10.2 Å². The van der Waals surface area contributed by atoms with Crippen molar-refractivity contribution in [2.24, 2.45) is 0 Å². The van der Waals surface area contributed by atoms with Crippen LogP contribution in [0.1, 0.15) is 28.4 Å². The largest absolute Gasteiger partial charge is 0.385 e. The van der Waals surface area contributed by atoms with Crippen molar-refractivity contribution in [2.45, 2.75) is 18.6 Å². The molecule has 3 aromatic rings. The monoisotopic (exact) mass is 364 g/mol. The van der Waals surface area contributed by atoms with Crippen LogP contribution in [0.2, 0.25) is 5.02 Å². The molecule has 132 valence electrons. The molecule has 0 aromatic heterocycles. The Hall–Kier alpha value is -2.39. The van der Waals surface area contributed by atoms with E-state index in [0.29, 0.717) is 16.1 Å². The zero-order valence-corrected chi connectivity index (χ0v) is 15.3. The van der Waals surface area contributed by atoms with Crippen molar-refractivity contribution in [3.63, 3.8) is 0 Å². The Morgan fingerprint density at radius 2 is 1.50 bits per heavy atom. The Bertz CT molecular complexity index is 888. The number of aryl methyl sites for hydroxylation is 1. The topological polar surface area (TPSA) is 40.5 Å². The third kappa shape index (κ3) is 3.88. The summed E-state index contributed by atoms with van der Waals surface area (Å²) in [6.07, 6.45) is 2.23. The lowest BCUT2D eigenvalue weighted by atomic mass is 9.83. The van der Waals surface area contributed by atoms with E-state index in [4.69, 9.17) is 11.6 Å². The highest BCUT2D eigenvalue weighted by atomic mass is 35.5. The van der Waals surface area contributed by atoms with Gasteiger partial charge >= 0.3 is 0 Å². The van der Waals surface area contributed by atoms with E-state index in [1.54, 1.807) is 42.5 Å². The molecule has 0 saturated carbocycles. The standard InChI is InChI=1S/C23H21ClO2/c1-17-11-13-18(14-12-17)15-16-23(26,19-7-3-2-4-8-19)22(25)20-9-5-6-10-21(20)24/h2-16,22,25-26H,1H3/b16-15+. The van der Waals surface area contributed by atoms with Crippen LogP contribution in [0.4, 0.5) is 0 Å². The second-order valence-corrected chi connectivity index (χ2v) is 6.77. The predicted molar refractivity (Wildman–Crippen MR) is 107 cm³/mol. The summed E-state index contributed by atoms with van der Waals surface area (Å²) in [5.74, 6) is 0. The first-order valence-electron chi connectivity index (χ1n) is 8.47. The molecule has 3 heteroatoms. The molecular weight excluding hydrogens is 344 g/mol. The van der Waals surface area contributed by atoms with Crippen molar-refractivity contribution in [1.82, 2.24) is 0 Å². The fourth-order valence-electron chi connectivity index (χ4n) is 2.89. The van der Waals surface area contributed by atoms with Gasteiger partial charge < -0.3 is 10.2 Å². The summed E-state index contributed by atoms with van der Waals surface area (Å²) in [5.41, 5.74) is 1.56. The maximum absolute atomic E-state index is 11.4. The highest BCUT2D eigenvalue weighted by Gasteiger charge is 2.37. The zero-order chi connectivity index (χ0) is 18.6. The van der Waals surface area contributed by atoms with Crippen LogP contribution in [0.3, 0.4) is 0 Å². The molecule has 0 amide bonds. The Morgan fingerprint density at radius 3 is 2.15 bits per heavy atom. The second kappa shape index (κ2) is 7.88. The van der Waals surface area contributed by atoms with E-state index in [0.717, 1.165) is 11.1 Å². The maximum Gasteiger partial charge on any atom is 0.138 e. The number of halogens is 1. The van der Waals surface area contributed by atoms with Gasteiger partial charge in [0.1, 0.15) is 11.7 Å². The molecule has 0 radical (unpaired) electrons. The molecule has 0 fully saturated rings. The number of rotatable bonds is 5. The second-order valence-electron chi connectivity index (χ2n) is 6.36. The van der Waals surface area contributed by atoms with E-state index in [-0.39, 0.29) is 0 Å². The molecule has 3 aromatic carbocycles. The Labute approximate surface area is 159 Å². The van der Waals surface area contributed by atoms with Crippen molar-refractivity contribution < 1.29 is 10.2 Å². The van der Waals surface area contributed by atoms with Crippen LogP contribution >= 0.6 is 11.6 Å². The van der Waals surface area contributed by atoms with Gasteiger partial charge in [-0.15, -0.1) is 0 Å². The van der Waals surface area contributed by atoms with Crippen molar-refractivity contribution in [3.8, 4) is 0 Å². The third-order valence-corrected chi connectivity index (χ3v) is 4.80. The number of aliphatic hydroxyl groups excluding tert-OH is 1. The van der Waals surface area contributed by atoms with E-state index in [2.05, 4.69) is 0 Å². The molecular formula is C23H21ClO2. The molecule has 0 aliphatic carbocycles. The van der Waals surface area contributed by atoms with E-state index in [1.807, 2.05) is 55.5 Å². The summed E-state index contributed by atoms with van der Waals surface area (Å²) < 4.78 is 0. The molecule has 2 atom stereocenters. The minimum Gasteiger partial charge on any atom is -0.385 e. The normalized spacial score (nSPS) is 14.9. The van der Waals surface area contributed by atoms with E-state index < -0.39 is 11.7 Å². The molecule has 2 N–H and O–H groups in total. The minimum absolute atomic E-state index is 0.415. The third-order valence-electron chi connectivity index (χ3n) is 4.46. The fraction of sp³-hybridized carbons (Fsp3) is 0.130. The van der Waals surface area contributed by atoms with Gasteiger partial charge in [-0.2, -0.15) is 0 Å². The number of hydrogen-bond acceptors (Lipinski definition) is 2. The van der Waals surface area contributed by atoms with E-state index in [1.165, 1.54) is 0 Å². The SMILES string of the molecule is Cc1ccc(/C=C/C(O)(c2ccccc2)C(O)c2ccccc2Cl)cc1. The lowest BCUT2D eigenvalue weighted by molar-refractivity contribution is -0.0453. The lowest BCUT2D eigenvalue weighted by Gasteiger charge is -2.31. The van der Waals surface area contributed by atoms with Crippen LogP contribution in [0.15, 0.2) is 84.9 Å². The van der Waals surface area contributed by atoms with Gasteiger partial charge in [0.15, 0.2) is 0 Å². The van der Waals surface area contributed by atoms with Gasteiger partial charge in [0.25, 0.3) is 0 Å². The lowest BCUT2D eigenvalue weighted by Crippen LogP contribution is -2.31. The van der Waals surface area contributed by atoms with E-state index >= 15 is 0 Å². The quantitative estimate of drug-likeness (QED) is 0.646. The fourth-order valence-corrected chi connectivity index (χ4v) is 3.12. The highest BCUT2D eigenvalue weighted by Crippen LogP contribution is 2.39. The van der Waals surface area contributed by atoms with Crippen molar-refractivity contribution in [1.29, 1.82) is 0 Å². The van der Waals surface area contributed by atoms with Crippen LogP contribution in [0.25, 0.3) is 6.08 Å². The highest BCUT2D eigenvalue weighted by molar-refractivity contribution is 6.31. The molecule has 0 bridgehead atoms. The van der Waals surface area contributed by atoms with E-state index in [9.17, 15) is 10.2 Å². The van der Waals surface area contributed by atoms with Crippen LogP contribution in [0, 0.1) is 6.92 Å². The van der Waals surface area contributed by atoms with Gasteiger partial charge in [-0.1, -0.05) is 96.0 Å².